The van der Waals surface area contributed by atoms with Crippen molar-refractivity contribution in [3.05, 3.63) is 36.0 Å². The number of methoxy groups -OCH3 is 2. The molecule has 1 aromatic heterocycles. The molecule has 1 aromatic carbocycles. The summed E-state index contributed by atoms with van der Waals surface area (Å²) in [5.41, 5.74) is 0.929. The highest BCUT2D eigenvalue weighted by Crippen LogP contribution is 2.31. The Hall–Kier alpha value is -2.50. The lowest BCUT2D eigenvalue weighted by Crippen LogP contribution is -2.16. The summed E-state index contributed by atoms with van der Waals surface area (Å²) in [5.74, 6) is 2.52. The maximum Gasteiger partial charge on any atom is 0.225 e. The molecule has 130 valence electrons. The van der Waals surface area contributed by atoms with Crippen molar-refractivity contribution in [1.29, 1.82) is 0 Å². The highest BCUT2D eigenvalue weighted by molar-refractivity contribution is 5.89. The molecule has 0 saturated carbocycles. The van der Waals surface area contributed by atoms with E-state index in [0.29, 0.717) is 36.2 Å². The zero-order chi connectivity index (χ0) is 17.5. The van der Waals surface area contributed by atoms with Crippen LogP contribution in [0.2, 0.25) is 0 Å². The van der Waals surface area contributed by atoms with Crippen molar-refractivity contribution in [2.24, 2.45) is 5.92 Å². The number of aromatic nitrogens is 2. The average Bonchev–Trinajstić information content (AvgIpc) is 2.99. The number of nitrogens with zero attached hydrogens (tertiary/aromatic N) is 2. The summed E-state index contributed by atoms with van der Waals surface area (Å²) < 4.78 is 12.5. The number of benzene rings is 1. The van der Waals surface area contributed by atoms with Crippen LogP contribution in [0, 0.1) is 5.92 Å². The minimum Gasteiger partial charge on any atom is -0.493 e. The lowest BCUT2D eigenvalue weighted by Gasteiger charge is -2.14. The molecule has 0 saturated heterocycles. The Kier molecular flexibility index (Phi) is 6.23. The van der Waals surface area contributed by atoms with E-state index in [9.17, 15) is 4.79 Å². The van der Waals surface area contributed by atoms with Gasteiger partial charge in [-0.05, 0) is 18.4 Å². The molecule has 1 heterocycles. The van der Waals surface area contributed by atoms with Crippen LogP contribution in [0.1, 0.15) is 32.3 Å². The van der Waals surface area contributed by atoms with Gasteiger partial charge >= 0.3 is 0 Å². The summed E-state index contributed by atoms with van der Waals surface area (Å²) in [7, 11) is 3.22. The third-order valence-electron chi connectivity index (χ3n) is 3.74. The monoisotopic (exact) mass is 331 g/mol. The smallest absolute Gasteiger partial charge is 0.225 e. The Morgan fingerprint density at radius 2 is 2.04 bits per heavy atom. The minimum absolute atomic E-state index is 0.00283. The number of anilines is 1. The minimum atomic E-state index is 0.00283. The van der Waals surface area contributed by atoms with Gasteiger partial charge in [-0.1, -0.05) is 26.0 Å². The average molecular weight is 331 g/mol. The summed E-state index contributed by atoms with van der Waals surface area (Å²) in [6.45, 7) is 4.69. The second-order valence-electron chi connectivity index (χ2n) is 6.01. The van der Waals surface area contributed by atoms with Crippen LogP contribution in [0.5, 0.6) is 11.5 Å². The number of rotatable bonds is 8. The van der Waals surface area contributed by atoms with Gasteiger partial charge in [-0.25, -0.2) is 4.68 Å². The highest BCUT2D eigenvalue weighted by atomic mass is 16.5. The van der Waals surface area contributed by atoms with E-state index in [-0.39, 0.29) is 5.91 Å². The normalized spacial score (nSPS) is 10.7. The first kappa shape index (κ1) is 17.8. The fraction of sp³-hybridized carbons (Fsp3) is 0.444. The summed E-state index contributed by atoms with van der Waals surface area (Å²) in [4.78, 5) is 12.0. The molecule has 0 fully saturated rings. The van der Waals surface area contributed by atoms with Gasteiger partial charge in [-0.3, -0.25) is 4.79 Å². The van der Waals surface area contributed by atoms with Crippen molar-refractivity contribution < 1.29 is 14.3 Å². The number of carbonyl (C=O) groups is 1. The molecule has 0 bridgehead atoms. The van der Waals surface area contributed by atoms with Crippen LogP contribution >= 0.6 is 0 Å². The lowest BCUT2D eigenvalue weighted by atomic mass is 10.1. The molecule has 0 aliphatic carbocycles. The van der Waals surface area contributed by atoms with Gasteiger partial charge in [0.05, 0.1) is 27.0 Å². The Balaban J connectivity index is 2.12. The molecular weight excluding hydrogens is 306 g/mol. The summed E-state index contributed by atoms with van der Waals surface area (Å²) >= 11 is 0. The highest BCUT2D eigenvalue weighted by Gasteiger charge is 2.13. The second-order valence-corrected chi connectivity index (χ2v) is 6.01. The van der Waals surface area contributed by atoms with Gasteiger partial charge in [0.15, 0.2) is 11.5 Å². The van der Waals surface area contributed by atoms with Gasteiger partial charge < -0.3 is 14.8 Å². The first-order valence-corrected chi connectivity index (χ1v) is 8.06. The number of carbonyl (C=O) groups excluding carboxylic acids is 1. The molecule has 0 spiro atoms. The van der Waals surface area contributed by atoms with Gasteiger partial charge in [-0.2, -0.15) is 5.10 Å². The van der Waals surface area contributed by atoms with E-state index in [1.807, 2.05) is 18.2 Å². The summed E-state index contributed by atoms with van der Waals surface area (Å²) in [6.07, 6.45) is 3.04. The van der Waals surface area contributed by atoms with Crippen LogP contribution in [0.15, 0.2) is 30.5 Å². The fourth-order valence-corrected chi connectivity index (χ4v) is 2.43. The maximum atomic E-state index is 12.0. The molecule has 6 heteroatoms. The molecular formula is C18H25N3O3. The van der Waals surface area contributed by atoms with Crippen LogP contribution in [-0.2, 0) is 11.3 Å². The number of hydrogen-bond donors (Lipinski definition) is 1. The SMILES string of the molecule is COc1cccc(Cn2nccc2NC(=O)CCC(C)C)c1OC. The van der Waals surface area contributed by atoms with Crippen molar-refractivity contribution in [3.8, 4) is 11.5 Å². The van der Waals surface area contributed by atoms with Crippen LogP contribution in [0.3, 0.4) is 0 Å². The Morgan fingerprint density at radius 1 is 1.25 bits per heavy atom. The van der Waals surface area contributed by atoms with Crippen molar-refractivity contribution in [2.75, 3.05) is 19.5 Å². The standard InChI is InChI=1S/C18H25N3O3/c1-13(2)8-9-17(22)20-16-10-11-19-21(16)12-14-6-5-7-15(23-3)18(14)24-4/h5-7,10-11,13H,8-9,12H2,1-4H3,(H,20,22). The Morgan fingerprint density at radius 3 is 2.71 bits per heavy atom. The molecule has 0 atom stereocenters. The van der Waals surface area contributed by atoms with E-state index >= 15 is 0 Å². The molecule has 2 aromatic rings. The van der Waals surface area contributed by atoms with E-state index in [0.717, 1.165) is 12.0 Å². The zero-order valence-electron chi connectivity index (χ0n) is 14.7. The first-order chi connectivity index (χ1) is 11.5. The number of ether oxygens (including phenoxy) is 2. The fourth-order valence-electron chi connectivity index (χ4n) is 2.43. The Bertz CT molecular complexity index is 680. The van der Waals surface area contributed by atoms with E-state index in [1.165, 1.54) is 0 Å². The molecule has 0 aliphatic heterocycles. The van der Waals surface area contributed by atoms with Crippen LogP contribution in [-0.4, -0.2) is 29.9 Å². The van der Waals surface area contributed by atoms with E-state index in [4.69, 9.17) is 9.47 Å². The Labute approximate surface area is 142 Å². The second kappa shape index (κ2) is 8.38. The van der Waals surface area contributed by atoms with Crippen LogP contribution < -0.4 is 14.8 Å². The van der Waals surface area contributed by atoms with Crippen molar-refractivity contribution in [1.82, 2.24) is 9.78 Å². The molecule has 24 heavy (non-hydrogen) atoms. The van der Waals surface area contributed by atoms with Crippen LogP contribution in [0.25, 0.3) is 0 Å². The number of nitrogens with one attached hydrogen (secondary N) is 1. The molecule has 0 aliphatic rings. The number of para-hydroxylation sites is 1. The van der Waals surface area contributed by atoms with Crippen molar-refractivity contribution >= 4 is 11.7 Å². The van der Waals surface area contributed by atoms with E-state index in [1.54, 1.807) is 31.2 Å². The summed E-state index contributed by atoms with van der Waals surface area (Å²) in [5, 5.41) is 7.22. The van der Waals surface area contributed by atoms with Gasteiger partial charge in [-0.15, -0.1) is 0 Å². The topological polar surface area (TPSA) is 65.4 Å². The molecule has 6 nitrogen and oxygen atoms in total. The van der Waals surface area contributed by atoms with Gasteiger partial charge in [0.25, 0.3) is 0 Å². The lowest BCUT2D eigenvalue weighted by molar-refractivity contribution is -0.116. The number of amides is 1. The third-order valence-corrected chi connectivity index (χ3v) is 3.74. The van der Waals surface area contributed by atoms with E-state index < -0.39 is 0 Å². The number of hydrogen-bond acceptors (Lipinski definition) is 4. The maximum absolute atomic E-state index is 12.0. The molecule has 2 rings (SSSR count). The summed E-state index contributed by atoms with van der Waals surface area (Å²) in [6, 6.07) is 7.49. The zero-order valence-corrected chi connectivity index (χ0v) is 14.7. The molecule has 1 N–H and O–H groups in total. The van der Waals surface area contributed by atoms with Crippen LogP contribution in [0.4, 0.5) is 5.82 Å². The van der Waals surface area contributed by atoms with Gasteiger partial charge in [0, 0.05) is 18.1 Å². The molecule has 1 amide bonds. The quantitative estimate of drug-likeness (QED) is 0.806. The van der Waals surface area contributed by atoms with Gasteiger partial charge in [0.2, 0.25) is 5.91 Å². The molecule has 0 unspecified atom stereocenters. The van der Waals surface area contributed by atoms with Crippen molar-refractivity contribution in [2.45, 2.75) is 33.2 Å². The predicted octanol–water partition coefficient (Wildman–Crippen LogP) is 3.32. The third kappa shape index (κ3) is 4.50. The largest absolute Gasteiger partial charge is 0.493 e. The molecule has 0 radical (unpaired) electrons. The first-order valence-electron chi connectivity index (χ1n) is 8.06. The van der Waals surface area contributed by atoms with E-state index in [2.05, 4.69) is 24.3 Å². The van der Waals surface area contributed by atoms with Crippen molar-refractivity contribution in [3.63, 3.8) is 0 Å². The van der Waals surface area contributed by atoms with Gasteiger partial charge in [0.1, 0.15) is 5.82 Å². The predicted molar refractivity (Wildman–Crippen MR) is 93.6 cm³/mol.